The number of hydrogen-bond donors (Lipinski definition) is 1. The molecule has 23 heavy (non-hydrogen) atoms. The number of likely N-dealkylation sites (tertiary alicyclic amines) is 1. The van der Waals surface area contributed by atoms with Gasteiger partial charge < -0.3 is 15.0 Å². The molecule has 5 nitrogen and oxygen atoms in total. The number of methoxy groups -OCH3 is 1. The van der Waals surface area contributed by atoms with Crippen molar-refractivity contribution in [2.75, 3.05) is 25.5 Å². The molecule has 1 amide bonds. The van der Waals surface area contributed by atoms with E-state index in [-0.39, 0.29) is 5.57 Å². The normalized spacial score (nSPS) is 15.9. The molecule has 5 heteroatoms. The van der Waals surface area contributed by atoms with Crippen LogP contribution >= 0.6 is 0 Å². The average Bonchev–Trinajstić information content (AvgIpc) is 2.54. The van der Waals surface area contributed by atoms with E-state index in [0.717, 1.165) is 31.5 Å². The number of amides is 1. The van der Waals surface area contributed by atoms with Crippen LogP contribution in [0.4, 0.5) is 5.69 Å². The highest BCUT2D eigenvalue weighted by molar-refractivity contribution is 6.07. The number of nitrogens with one attached hydrogen (secondary N) is 1. The summed E-state index contributed by atoms with van der Waals surface area (Å²) >= 11 is 0. The van der Waals surface area contributed by atoms with Crippen molar-refractivity contribution in [3.63, 3.8) is 0 Å². The van der Waals surface area contributed by atoms with Gasteiger partial charge in [-0.15, -0.1) is 0 Å². The predicted molar refractivity (Wildman–Crippen MR) is 90.0 cm³/mol. The number of anilines is 1. The van der Waals surface area contributed by atoms with Crippen LogP contribution in [0.1, 0.15) is 25.3 Å². The Hall–Kier alpha value is -2.48. The maximum atomic E-state index is 12.4. The number of carbonyl (C=O) groups is 1. The Labute approximate surface area is 137 Å². The number of ether oxygens (including phenoxy) is 1. The average molecular weight is 313 g/mol. The van der Waals surface area contributed by atoms with E-state index in [1.165, 1.54) is 0 Å². The van der Waals surface area contributed by atoms with Gasteiger partial charge in [0.05, 0.1) is 12.8 Å². The summed E-state index contributed by atoms with van der Waals surface area (Å²) in [5.74, 6) is 0.874. The van der Waals surface area contributed by atoms with Crippen molar-refractivity contribution in [2.45, 2.75) is 26.7 Å². The van der Waals surface area contributed by atoms with Crippen LogP contribution in [0.25, 0.3) is 0 Å². The van der Waals surface area contributed by atoms with Crippen LogP contribution < -0.4 is 10.1 Å². The first-order valence-corrected chi connectivity index (χ1v) is 7.85. The van der Waals surface area contributed by atoms with Crippen molar-refractivity contribution in [3.05, 3.63) is 35.5 Å². The van der Waals surface area contributed by atoms with Crippen LogP contribution in [0.2, 0.25) is 0 Å². The van der Waals surface area contributed by atoms with Crippen molar-refractivity contribution in [1.29, 1.82) is 5.26 Å². The minimum atomic E-state index is -0.407. The summed E-state index contributed by atoms with van der Waals surface area (Å²) in [7, 11) is 1.55. The van der Waals surface area contributed by atoms with Gasteiger partial charge >= 0.3 is 0 Å². The van der Waals surface area contributed by atoms with E-state index in [1.807, 2.05) is 30.0 Å². The number of nitrogens with zero attached hydrogens (tertiary/aromatic N) is 2. The van der Waals surface area contributed by atoms with Gasteiger partial charge in [-0.05, 0) is 43.4 Å². The Bertz CT molecular complexity index is 638. The molecule has 122 valence electrons. The van der Waals surface area contributed by atoms with Crippen LogP contribution in [0.3, 0.4) is 0 Å². The maximum absolute atomic E-state index is 12.4. The second-order valence-electron chi connectivity index (χ2n) is 6.03. The molecule has 1 N–H and O–H groups in total. The zero-order valence-electron chi connectivity index (χ0n) is 13.9. The largest absolute Gasteiger partial charge is 0.495 e. The third kappa shape index (κ3) is 4.49. The minimum Gasteiger partial charge on any atom is -0.495 e. The summed E-state index contributed by atoms with van der Waals surface area (Å²) in [5, 5.41) is 12.1. The van der Waals surface area contributed by atoms with Gasteiger partial charge in [0.25, 0.3) is 5.91 Å². The molecule has 0 atom stereocenters. The standard InChI is InChI=1S/C18H23N3O2/c1-13-6-8-21(9-7-13)12-15(11-19)18(22)20-16-10-14(2)4-5-17(16)23-3/h4-5,10,12-13H,6-9H2,1-3H3,(H,20,22)/b15-12-. The van der Waals surface area contributed by atoms with Crippen molar-refractivity contribution < 1.29 is 9.53 Å². The van der Waals surface area contributed by atoms with Gasteiger partial charge in [-0.3, -0.25) is 4.79 Å². The molecular formula is C18H23N3O2. The van der Waals surface area contributed by atoms with E-state index in [9.17, 15) is 10.1 Å². The van der Waals surface area contributed by atoms with Gasteiger partial charge in [0.15, 0.2) is 0 Å². The molecule has 1 fully saturated rings. The first-order valence-electron chi connectivity index (χ1n) is 7.85. The van der Waals surface area contributed by atoms with Crippen LogP contribution in [0.15, 0.2) is 30.0 Å². The van der Waals surface area contributed by atoms with Crippen LogP contribution in [0.5, 0.6) is 5.75 Å². The highest BCUT2D eigenvalue weighted by atomic mass is 16.5. The van der Waals surface area contributed by atoms with Crippen molar-refractivity contribution in [3.8, 4) is 11.8 Å². The van der Waals surface area contributed by atoms with Crippen molar-refractivity contribution in [2.24, 2.45) is 5.92 Å². The van der Waals surface area contributed by atoms with E-state index in [4.69, 9.17) is 4.74 Å². The molecule has 0 spiro atoms. The van der Waals surface area contributed by atoms with Gasteiger partial charge in [0, 0.05) is 19.3 Å². The smallest absolute Gasteiger partial charge is 0.267 e. The second kappa shape index (κ2) is 7.68. The first kappa shape index (κ1) is 16.9. The molecule has 0 saturated carbocycles. The van der Waals surface area contributed by atoms with Crippen LogP contribution in [0, 0.1) is 24.2 Å². The van der Waals surface area contributed by atoms with E-state index >= 15 is 0 Å². The molecule has 0 unspecified atom stereocenters. The highest BCUT2D eigenvalue weighted by Gasteiger charge is 2.17. The summed E-state index contributed by atoms with van der Waals surface area (Å²) in [6, 6.07) is 7.53. The fourth-order valence-corrected chi connectivity index (χ4v) is 2.59. The minimum absolute atomic E-state index is 0.114. The molecular weight excluding hydrogens is 290 g/mol. The van der Waals surface area contributed by atoms with Gasteiger partial charge in [0.2, 0.25) is 0 Å². The van der Waals surface area contributed by atoms with E-state index in [2.05, 4.69) is 12.2 Å². The molecule has 0 aromatic heterocycles. The first-order chi connectivity index (χ1) is 11.0. The summed E-state index contributed by atoms with van der Waals surface area (Å²) in [6.45, 7) is 5.93. The summed E-state index contributed by atoms with van der Waals surface area (Å²) in [6.07, 6.45) is 3.84. The molecule has 1 aromatic rings. The van der Waals surface area contributed by atoms with Crippen LogP contribution in [-0.2, 0) is 4.79 Å². The number of carbonyl (C=O) groups excluding carboxylic acids is 1. The Morgan fingerprint density at radius 2 is 2.13 bits per heavy atom. The summed E-state index contributed by atoms with van der Waals surface area (Å²) in [4.78, 5) is 14.4. The van der Waals surface area contributed by atoms with E-state index in [0.29, 0.717) is 17.4 Å². The molecule has 1 aliphatic heterocycles. The van der Waals surface area contributed by atoms with Crippen molar-refractivity contribution >= 4 is 11.6 Å². The second-order valence-corrected chi connectivity index (χ2v) is 6.03. The summed E-state index contributed by atoms with van der Waals surface area (Å²) < 4.78 is 5.25. The van der Waals surface area contributed by atoms with Crippen molar-refractivity contribution in [1.82, 2.24) is 4.90 Å². The molecule has 1 saturated heterocycles. The third-order valence-electron chi connectivity index (χ3n) is 4.10. The Kier molecular flexibility index (Phi) is 5.64. The lowest BCUT2D eigenvalue weighted by molar-refractivity contribution is -0.112. The van der Waals surface area contributed by atoms with Gasteiger partial charge in [-0.25, -0.2) is 0 Å². The predicted octanol–water partition coefficient (Wildman–Crippen LogP) is 3.08. The number of nitriles is 1. The molecule has 0 aliphatic carbocycles. The SMILES string of the molecule is COc1ccc(C)cc1NC(=O)/C(C#N)=C\N1CCC(C)CC1. The Morgan fingerprint density at radius 1 is 1.43 bits per heavy atom. The number of hydrogen-bond acceptors (Lipinski definition) is 4. The van der Waals surface area contributed by atoms with E-state index < -0.39 is 5.91 Å². The molecule has 2 rings (SSSR count). The fourth-order valence-electron chi connectivity index (χ4n) is 2.59. The molecule has 1 aliphatic rings. The van der Waals surface area contributed by atoms with Gasteiger partial charge in [-0.1, -0.05) is 13.0 Å². The number of benzene rings is 1. The molecule has 1 aromatic carbocycles. The number of piperidine rings is 1. The van der Waals surface area contributed by atoms with Crippen LogP contribution in [-0.4, -0.2) is 31.0 Å². The topological polar surface area (TPSA) is 65.4 Å². The molecule has 0 radical (unpaired) electrons. The fraction of sp³-hybridized carbons (Fsp3) is 0.444. The summed E-state index contributed by atoms with van der Waals surface area (Å²) in [5.41, 5.74) is 1.70. The quantitative estimate of drug-likeness (QED) is 0.685. The third-order valence-corrected chi connectivity index (χ3v) is 4.10. The van der Waals surface area contributed by atoms with E-state index in [1.54, 1.807) is 19.4 Å². The lowest BCUT2D eigenvalue weighted by Gasteiger charge is -2.29. The zero-order chi connectivity index (χ0) is 16.8. The maximum Gasteiger partial charge on any atom is 0.267 e. The van der Waals surface area contributed by atoms with Gasteiger partial charge in [-0.2, -0.15) is 5.26 Å². The van der Waals surface area contributed by atoms with Gasteiger partial charge in [0.1, 0.15) is 17.4 Å². The number of rotatable bonds is 4. The molecule has 1 heterocycles. The Balaban J connectivity index is 2.12. The number of aryl methyl sites for hydroxylation is 1. The highest BCUT2D eigenvalue weighted by Crippen LogP contribution is 2.25. The zero-order valence-corrected chi connectivity index (χ0v) is 13.9. The monoisotopic (exact) mass is 313 g/mol. The Morgan fingerprint density at radius 3 is 2.74 bits per heavy atom. The lowest BCUT2D eigenvalue weighted by atomic mass is 9.99. The lowest BCUT2D eigenvalue weighted by Crippen LogP contribution is -2.29. The molecule has 0 bridgehead atoms.